The molecule has 0 radical (unpaired) electrons. The van der Waals surface area contributed by atoms with E-state index in [2.05, 4.69) is 41.6 Å². The first-order chi connectivity index (χ1) is 14.7. The van der Waals surface area contributed by atoms with Crippen LogP contribution in [0, 0.1) is 35.0 Å². The highest BCUT2D eigenvalue weighted by atomic mass is 16.3. The minimum Gasteiger partial charge on any atom is -0.395 e. The Hall–Kier alpha value is -3.97. The van der Waals surface area contributed by atoms with Gasteiger partial charge >= 0.3 is 0 Å². The van der Waals surface area contributed by atoms with Crippen LogP contribution in [0.3, 0.4) is 0 Å². The molecule has 3 aromatic rings. The van der Waals surface area contributed by atoms with E-state index in [4.69, 9.17) is 10.4 Å². The van der Waals surface area contributed by atoms with Gasteiger partial charge in [-0.25, -0.2) is 0 Å². The van der Waals surface area contributed by atoms with Crippen LogP contribution in [0.4, 0.5) is 5.69 Å². The van der Waals surface area contributed by atoms with Crippen LogP contribution in [0.2, 0.25) is 0 Å². The monoisotopic (exact) mass is 390 g/mol. The van der Waals surface area contributed by atoms with E-state index in [0.29, 0.717) is 12.1 Å². The summed E-state index contributed by atoms with van der Waals surface area (Å²) in [5.74, 6) is 12.6. The molecule has 0 saturated heterocycles. The van der Waals surface area contributed by atoms with E-state index in [9.17, 15) is 0 Å². The van der Waals surface area contributed by atoms with E-state index in [1.165, 1.54) is 0 Å². The predicted octanol–water partition coefficient (Wildman–Crippen LogP) is 4.18. The molecule has 146 valence electrons. The quantitative estimate of drug-likeness (QED) is 0.680. The first kappa shape index (κ1) is 20.8. The second-order valence-electron chi connectivity index (χ2n) is 6.62. The zero-order valence-corrected chi connectivity index (χ0v) is 16.9. The van der Waals surface area contributed by atoms with Gasteiger partial charge in [0.15, 0.2) is 0 Å². The molecule has 0 bridgehead atoms. The fourth-order valence-corrected chi connectivity index (χ4v) is 2.90. The summed E-state index contributed by atoms with van der Waals surface area (Å²) in [7, 11) is 0. The van der Waals surface area contributed by atoms with Crippen LogP contribution in [-0.2, 0) is 0 Å². The smallest absolute Gasteiger partial charge is 0.0991 e. The van der Waals surface area contributed by atoms with E-state index in [0.717, 1.165) is 34.5 Å². The molecule has 3 aromatic carbocycles. The number of likely N-dealkylation sites (N-methyl/N-ethyl adjacent to an activating group) is 1. The van der Waals surface area contributed by atoms with Crippen LogP contribution in [0.25, 0.3) is 0 Å². The fourth-order valence-electron chi connectivity index (χ4n) is 2.90. The highest BCUT2D eigenvalue weighted by molar-refractivity contribution is 5.52. The summed E-state index contributed by atoms with van der Waals surface area (Å²) in [4.78, 5) is 2.12. The summed E-state index contributed by atoms with van der Waals surface area (Å²) in [5.41, 5.74) is 5.38. The Morgan fingerprint density at radius 3 is 1.37 bits per heavy atom. The van der Waals surface area contributed by atoms with E-state index >= 15 is 0 Å². The van der Waals surface area contributed by atoms with Gasteiger partial charge in [0, 0.05) is 41.0 Å². The summed E-state index contributed by atoms with van der Waals surface area (Å²) in [6, 6.07) is 25.2. The highest BCUT2D eigenvalue weighted by Crippen LogP contribution is 2.14. The van der Waals surface area contributed by atoms with Crippen molar-refractivity contribution in [2.24, 2.45) is 0 Å². The van der Waals surface area contributed by atoms with Gasteiger partial charge in [0.05, 0.1) is 18.2 Å². The summed E-state index contributed by atoms with van der Waals surface area (Å²) < 4.78 is 0. The van der Waals surface area contributed by atoms with Crippen molar-refractivity contribution >= 4 is 5.69 Å². The van der Waals surface area contributed by atoms with Gasteiger partial charge in [0.2, 0.25) is 0 Å². The third kappa shape index (κ3) is 5.76. The second-order valence-corrected chi connectivity index (χ2v) is 6.62. The standard InChI is InChI=1S/C27H22N2O/c1-2-29(19-20-30)27-17-15-25(16-18-27)10-9-23-5-3-22(4-6-23)7-8-24-11-13-26(21-28)14-12-24/h3-6,11-18,30H,2,19-20H2,1H3. The molecule has 0 fully saturated rings. The molecular formula is C27H22N2O. The van der Waals surface area contributed by atoms with Gasteiger partial charge in [-0.1, -0.05) is 23.7 Å². The van der Waals surface area contributed by atoms with E-state index < -0.39 is 0 Å². The van der Waals surface area contributed by atoms with Crippen molar-refractivity contribution in [3.05, 3.63) is 101 Å². The fraction of sp³-hybridized carbons (Fsp3) is 0.148. The average Bonchev–Trinajstić information content (AvgIpc) is 2.81. The summed E-state index contributed by atoms with van der Waals surface area (Å²) >= 11 is 0. The van der Waals surface area contributed by atoms with Gasteiger partial charge in [0.1, 0.15) is 0 Å². The molecule has 0 aliphatic rings. The number of rotatable bonds is 4. The van der Waals surface area contributed by atoms with Crippen LogP contribution in [-0.4, -0.2) is 24.8 Å². The maximum absolute atomic E-state index is 9.14. The number of hydrogen-bond donors (Lipinski definition) is 1. The van der Waals surface area contributed by atoms with Crippen molar-refractivity contribution in [2.75, 3.05) is 24.6 Å². The Morgan fingerprint density at radius 2 is 1.03 bits per heavy atom. The van der Waals surface area contributed by atoms with Gasteiger partial charge in [0.25, 0.3) is 0 Å². The lowest BCUT2D eigenvalue weighted by molar-refractivity contribution is 0.302. The first-order valence-electron chi connectivity index (χ1n) is 9.82. The number of nitriles is 1. The molecule has 3 rings (SSSR count). The third-order valence-corrected chi connectivity index (χ3v) is 4.59. The van der Waals surface area contributed by atoms with Crippen LogP contribution in [0.15, 0.2) is 72.8 Å². The van der Waals surface area contributed by atoms with Gasteiger partial charge < -0.3 is 10.0 Å². The third-order valence-electron chi connectivity index (χ3n) is 4.59. The SMILES string of the molecule is CCN(CCO)c1ccc(C#Cc2ccc(C#Cc3ccc(C#N)cc3)cc2)cc1. The normalized spacial score (nSPS) is 9.50. The molecule has 1 N–H and O–H groups in total. The van der Waals surface area contributed by atoms with E-state index in [1.54, 1.807) is 12.1 Å². The summed E-state index contributed by atoms with van der Waals surface area (Å²) in [5, 5.41) is 18.0. The Bertz CT molecular complexity index is 1130. The van der Waals surface area contributed by atoms with Gasteiger partial charge in [-0.15, -0.1) is 0 Å². The molecule has 0 atom stereocenters. The van der Waals surface area contributed by atoms with E-state index in [1.807, 2.05) is 60.7 Å². The number of aliphatic hydroxyl groups excluding tert-OH is 1. The number of nitrogens with zero attached hydrogens (tertiary/aromatic N) is 2. The number of hydrogen-bond acceptors (Lipinski definition) is 3. The zero-order valence-electron chi connectivity index (χ0n) is 16.9. The zero-order chi connectivity index (χ0) is 21.2. The van der Waals surface area contributed by atoms with Crippen molar-refractivity contribution in [3.8, 4) is 29.8 Å². The van der Waals surface area contributed by atoms with Crippen LogP contribution in [0.5, 0.6) is 0 Å². The Labute approximate surface area is 178 Å². The molecule has 0 aliphatic carbocycles. The van der Waals surface area contributed by atoms with Crippen molar-refractivity contribution in [3.63, 3.8) is 0 Å². The molecule has 3 heteroatoms. The van der Waals surface area contributed by atoms with Crippen molar-refractivity contribution in [1.82, 2.24) is 0 Å². The lowest BCUT2D eigenvalue weighted by atomic mass is 10.1. The van der Waals surface area contributed by atoms with E-state index in [-0.39, 0.29) is 6.61 Å². The Balaban J connectivity index is 1.66. The summed E-state index contributed by atoms with van der Waals surface area (Å²) in [6.45, 7) is 3.69. The lowest BCUT2D eigenvalue weighted by Gasteiger charge is -2.21. The maximum Gasteiger partial charge on any atom is 0.0991 e. The Kier molecular flexibility index (Phi) is 7.29. The van der Waals surface area contributed by atoms with Crippen LogP contribution in [0.1, 0.15) is 34.7 Å². The Morgan fingerprint density at radius 1 is 0.667 bits per heavy atom. The van der Waals surface area contributed by atoms with Crippen LogP contribution >= 0.6 is 0 Å². The topological polar surface area (TPSA) is 47.3 Å². The van der Waals surface area contributed by atoms with Gasteiger partial charge in [-0.3, -0.25) is 0 Å². The lowest BCUT2D eigenvalue weighted by Crippen LogP contribution is -2.25. The second kappa shape index (κ2) is 10.5. The molecule has 0 aromatic heterocycles. The number of aliphatic hydroxyl groups is 1. The van der Waals surface area contributed by atoms with Crippen LogP contribution < -0.4 is 4.90 Å². The van der Waals surface area contributed by atoms with Gasteiger partial charge in [-0.2, -0.15) is 5.26 Å². The number of anilines is 1. The van der Waals surface area contributed by atoms with Crippen molar-refractivity contribution < 1.29 is 5.11 Å². The molecular weight excluding hydrogens is 368 g/mol. The minimum absolute atomic E-state index is 0.142. The van der Waals surface area contributed by atoms with Crippen molar-refractivity contribution in [1.29, 1.82) is 5.26 Å². The largest absolute Gasteiger partial charge is 0.395 e. The van der Waals surface area contributed by atoms with Crippen molar-refractivity contribution in [2.45, 2.75) is 6.92 Å². The maximum atomic E-state index is 9.14. The molecule has 0 aliphatic heterocycles. The molecule has 3 nitrogen and oxygen atoms in total. The van der Waals surface area contributed by atoms with Gasteiger partial charge in [-0.05, 0) is 79.7 Å². The molecule has 0 saturated carbocycles. The minimum atomic E-state index is 0.142. The molecule has 0 spiro atoms. The molecule has 0 heterocycles. The average molecular weight is 390 g/mol. The highest BCUT2D eigenvalue weighted by Gasteiger charge is 2.02. The summed E-state index contributed by atoms with van der Waals surface area (Å²) in [6.07, 6.45) is 0. The number of benzene rings is 3. The molecule has 30 heavy (non-hydrogen) atoms. The first-order valence-corrected chi connectivity index (χ1v) is 9.82. The molecule has 0 amide bonds. The predicted molar refractivity (Wildman–Crippen MR) is 121 cm³/mol. The molecule has 0 unspecified atom stereocenters.